The maximum Gasteiger partial charge on any atom is 0.243 e. The Morgan fingerprint density at radius 1 is 1.35 bits per heavy atom. The molecule has 0 radical (unpaired) electrons. The molecule has 2 rings (SSSR count). The van der Waals surface area contributed by atoms with Gasteiger partial charge in [0.15, 0.2) is 0 Å². The van der Waals surface area contributed by atoms with Gasteiger partial charge in [0, 0.05) is 19.6 Å². The summed E-state index contributed by atoms with van der Waals surface area (Å²) in [4.78, 5) is 0.171. The lowest BCUT2D eigenvalue weighted by molar-refractivity contribution is -0.0382. The van der Waals surface area contributed by atoms with E-state index in [1.54, 1.807) is 18.2 Å². The van der Waals surface area contributed by atoms with Crippen molar-refractivity contribution in [3.63, 3.8) is 0 Å². The molecule has 1 aliphatic heterocycles. The van der Waals surface area contributed by atoms with Crippen LogP contribution in [0.25, 0.3) is 0 Å². The van der Waals surface area contributed by atoms with Crippen LogP contribution < -0.4 is 5.32 Å². The van der Waals surface area contributed by atoms with Gasteiger partial charge >= 0.3 is 0 Å². The molecule has 2 atom stereocenters. The van der Waals surface area contributed by atoms with E-state index in [9.17, 15) is 18.6 Å². The zero-order valence-corrected chi connectivity index (χ0v) is 14.5. The number of β-amino-alcohol motifs (C(OH)–C–C–N with tert-alkyl or cyclic N) is 2. The van der Waals surface area contributed by atoms with E-state index in [0.29, 0.717) is 5.92 Å². The molecular formula is C16H26N2O4S. The van der Waals surface area contributed by atoms with Crippen LogP contribution in [0.4, 0.5) is 0 Å². The van der Waals surface area contributed by atoms with Crippen LogP contribution in [0.5, 0.6) is 0 Å². The summed E-state index contributed by atoms with van der Waals surface area (Å²) in [5.74, 6) is 0.542. The summed E-state index contributed by atoms with van der Waals surface area (Å²) >= 11 is 0. The Kier molecular flexibility index (Phi) is 5.80. The lowest BCUT2D eigenvalue weighted by Gasteiger charge is -2.26. The van der Waals surface area contributed by atoms with E-state index in [-0.39, 0.29) is 24.5 Å². The van der Waals surface area contributed by atoms with Crippen molar-refractivity contribution in [3.8, 4) is 0 Å². The summed E-state index contributed by atoms with van der Waals surface area (Å²) < 4.78 is 26.3. The zero-order chi connectivity index (χ0) is 17.1. The zero-order valence-electron chi connectivity index (χ0n) is 13.6. The van der Waals surface area contributed by atoms with Gasteiger partial charge < -0.3 is 15.5 Å². The minimum atomic E-state index is -3.70. The molecule has 0 aliphatic carbocycles. The van der Waals surface area contributed by atoms with Crippen LogP contribution in [0.1, 0.15) is 20.3 Å². The molecule has 1 heterocycles. The molecule has 0 saturated carbocycles. The molecule has 1 aromatic rings. The van der Waals surface area contributed by atoms with Gasteiger partial charge in [0.05, 0.1) is 11.0 Å². The van der Waals surface area contributed by atoms with Gasteiger partial charge in [-0.25, -0.2) is 8.42 Å². The third-order valence-corrected chi connectivity index (χ3v) is 5.98. The number of nitrogens with zero attached hydrogens (tertiary/aromatic N) is 1. The van der Waals surface area contributed by atoms with Crippen molar-refractivity contribution in [2.75, 3.05) is 26.2 Å². The van der Waals surface area contributed by atoms with E-state index in [1.807, 2.05) is 0 Å². The van der Waals surface area contributed by atoms with Crippen LogP contribution in [0.3, 0.4) is 0 Å². The monoisotopic (exact) mass is 342 g/mol. The van der Waals surface area contributed by atoms with E-state index in [2.05, 4.69) is 19.2 Å². The molecule has 0 spiro atoms. The summed E-state index contributed by atoms with van der Waals surface area (Å²) in [5.41, 5.74) is -1.46. The molecule has 7 heteroatoms. The Morgan fingerprint density at radius 3 is 2.61 bits per heavy atom. The normalized spacial score (nSPS) is 26.0. The van der Waals surface area contributed by atoms with E-state index < -0.39 is 21.7 Å². The number of sulfonamides is 1. The summed E-state index contributed by atoms with van der Waals surface area (Å²) in [6, 6.07) is 8.07. The molecular weight excluding hydrogens is 316 g/mol. The average molecular weight is 342 g/mol. The number of rotatable bonds is 7. The van der Waals surface area contributed by atoms with E-state index in [4.69, 9.17) is 0 Å². The van der Waals surface area contributed by atoms with Crippen LogP contribution in [-0.2, 0) is 10.0 Å². The second-order valence-corrected chi connectivity index (χ2v) is 8.53. The number of nitrogens with one attached hydrogen (secondary N) is 1. The van der Waals surface area contributed by atoms with Crippen LogP contribution in [0.15, 0.2) is 35.2 Å². The van der Waals surface area contributed by atoms with Crippen LogP contribution >= 0.6 is 0 Å². The van der Waals surface area contributed by atoms with Gasteiger partial charge in [-0.05, 0) is 31.0 Å². The van der Waals surface area contributed by atoms with E-state index in [0.717, 1.165) is 17.3 Å². The van der Waals surface area contributed by atoms with Gasteiger partial charge in [-0.1, -0.05) is 32.0 Å². The fraction of sp³-hybridized carbons (Fsp3) is 0.625. The Bertz CT molecular complexity index is 606. The molecule has 3 N–H and O–H groups in total. The molecule has 1 fully saturated rings. The quantitative estimate of drug-likeness (QED) is 0.625. The molecule has 1 aromatic carbocycles. The second kappa shape index (κ2) is 7.27. The summed E-state index contributed by atoms with van der Waals surface area (Å²) in [5, 5.41) is 23.8. The van der Waals surface area contributed by atoms with Gasteiger partial charge in [-0.2, -0.15) is 4.31 Å². The SMILES string of the molecule is CC(C)CCNC[C@]1(O)CN(S(=O)(=O)c2ccccc2)C[C@H]1O. The molecule has 0 unspecified atom stereocenters. The van der Waals surface area contributed by atoms with Gasteiger partial charge in [0.1, 0.15) is 5.60 Å². The highest BCUT2D eigenvalue weighted by Crippen LogP contribution is 2.27. The maximum absolute atomic E-state index is 12.6. The predicted molar refractivity (Wildman–Crippen MR) is 88.5 cm³/mol. The Balaban J connectivity index is 2.02. The van der Waals surface area contributed by atoms with Gasteiger partial charge in [0.2, 0.25) is 10.0 Å². The van der Waals surface area contributed by atoms with Crippen molar-refractivity contribution in [2.24, 2.45) is 5.92 Å². The molecule has 23 heavy (non-hydrogen) atoms. The minimum absolute atomic E-state index is 0.0976. The van der Waals surface area contributed by atoms with Crippen molar-refractivity contribution in [1.82, 2.24) is 9.62 Å². The molecule has 130 valence electrons. The summed E-state index contributed by atoms with van der Waals surface area (Å²) in [7, 11) is -3.70. The summed E-state index contributed by atoms with van der Waals surface area (Å²) in [6.07, 6.45) is -0.148. The Labute approximate surface area is 138 Å². The van der Waals surface area contributed by atoms with Crippen LogP contribution in [0, 0.1) is 5.92 Å². The molecule has 0 amide bonds. The third kappa shape index (κ3) is 4.30. The number of hydrogen-bond donors (Lipinski definition) is 3. The van der Waals surface area contributed by atoms with Crippen LogP contribution in [0.2, 0.25) is 0 Å². The Hall–Kier alpha value is -0.990. The van der Waals surface area contributed by atoms with Crippen LogP contribution in [-0.4, -0.2) is 60.8 Å². The highest BCUT2D eigenvalue weighted by Gasteiger charge is 2.48. The molecule has 1 saturated heterocycles. The number of aliphatic hydroxyl groups is 2. The van der Waals surface area contributed by atoms with Crippen molar-refractivity contribution in [2.45, 2.75) is 36.9 Å². The van der Waals surface area contributed by atoms with Gasteiger partial charge in [0.25, 0.3) is 0 Å². The first-order valence-electron chi connectivity index (χ1n) is 7.92. The first-order valence-corrected chi connectivity index (χ1v) is 9.36. The van der Waals surface area contributed by atoms with Crippen molar-refractivity contribution < 1.29 is 18.6 Å². The maximum atomic E-state index is 12.6. The standard InChI is InChI=1S/C16H26N2O4S/c1-13(2)8-9-17-11-16(20)12-18(10-15(16)19)23(21,22)14-6-4-3-5-7-14/h3-7,13,15,17,19-20H,8-12H2,1-2H3/t15-,16+/m1/s1. The first-order chi connectivity index (χ1) is 10.8. The fourth-order valence-corrected chi connectivity index (χ4v) is 4.16. The minimum Gasteiger partial charge on any atom is -0.389 e. The van der Waals surface area contributed by atoms with E-state index >= 15 is 0 Å². The average Bonchev–Trinajstić information content (AvgIpc) is 2.81. The van der Waals surface area contributed by atoms with Crippen molar-refractivity contribution in [1.29, 1.82) is 0 Å². The summed E-state index contributed by atoms with van der Waals surface area (Å²) in [6.45, 7) is 4.89. The number of hydrogen-bond acceptors (Lipinski definition) is 5. The number of benzene rings is 1. The third-order valence-electron chi connectivity index (χ3n) is 4.16. The lowest BCUT2D eigenvalue weighted by atomic mass is 10.0. The molecule has 0 aromatic heterocycles. The smallest absolute Gasteiger partial charge is 0.243 e. The van der Waals surface area contributed by atoms with E-state index in [1.165, 1.54) is 12.1 Å². The van der Waals surface area contributed by atoms with Gasteiger partial charge in [-0.15, -0.1) is 0 Å². The molecule has 0 bridgehead atoms. The van der Waals surface area contributed by atoms with Crippen molar-refractivity contribution in [3.05, 3.63) is 30.3 Å². The largest absolute Gasteiger partial charge is 0.389 e. The highest BCUT2D eigenvalue weighted by atomic mass is 32.2. The fourth-order valence-electron chi connectivity index (χ4n) is 2.63. The Morgan fingerprint density at radius 2 is 2.00 bits per heavy atom. The highest BCUT2D eigenvalue weighted by molar-refractivity contribution is 7.89. The topological polar surface area (TPSA) is 89.9 Å². The lowest BCUT2D eigenvalue weighted by Crippen LogP contribution is -2.50. The van der Waals surface area contributed by atoms with Crippen molar-refractivity contribution >= 4 is 10.0 Å². The molecule has 1 aliphatic rings. The first kappa shape index (κ1) is 18.4. The predicted octanol–water partition coefficient (Wildman–Crippen LogP) is 0.419. The van der Waals surface area contributed by atoms with Gasteiger partial charge in [-0.3, -0.25) is 0 Å². The number of aliphatic hydroxyl groups excluding tert-OH is 1. The molecule has 6 nitrogen and oxygen atoms in total. The second-order valence-electron chi connectivity index (χ2n) is 6.59.